The van der Waals surface area contributed by atoms with Gasteiger partial charge in [0.1, 0.15) is 0 Å². The molecule has 0 bridgehead atoms. The Balaban J connectivity index is 2.86. The van der Waals surface area contributed by atoms with E-state index in [9.17, 15) is 0 Å². The second-order valence-corrected chi connectivity index (χ2v) is 2.86. The summed E-state index contributed by atoms with van der Waals surface area (Å²) in [4.78, 5) is 1.95. The van der Waals surface area contributed by atoms with Crippen molar-refractivity contribution in [3.63, 3.8) is 0 Å². The standard InChI is InChI=1S/C9H13NO2/c1-10(2)8-5-3-7(4-6-8)9(11)12/h3-6,9,11-12H,1-2H3. The number of aliphatic hydroxyl groups is 2. The number of rotatable bonds is 2. The molecule has 0 aromatic heterocycles. The molecule has 0 aliphatic rings. The minimum atomic E-state index is -1.37. The molecular formula is C9H13NO2. The lowest BCUT2D eigenvalue weighted by Gasteiger charge is -2.12. The van der Waals surface area contributed by atoms with Gasteiger partial charge in [0.2, 0.25) is 0 Å². The summed E-state index contributed by atoms with van der Waals surface area (Å²) in [5.41, 5.74) is 1.56. The van der Waals surface area contributed by atoms with Gasteiger partial charge in [-0.2, -0.15) is 0 Å². The largest absolute Gasteiger partial charge is 0.378 e. The van der Waals surface area contributed by atoms with E-state index in [0.29, 0.717) is 5.56 Å². The fraction of sp³-hybridized carbons (Fsp3) is 0.333. The Bertz CT molecular complexity index is 214. The van der Waals surface area contributed by atoms with Crippen molar-refractivity contribution in [3.8, 4) is 0 Å². The van der Waals surface area contributed by atoms with Crippen molar-refractivity contribution in [1.82, 2.24) is 0 Å². The van der Waals surface area contributed by atoms with Crippen molar-refractivity contribution < 1.29 is 10.2 Å². The Labute approximate surface area is 71.9 Å². The zero-order valence-corrected chi connectivity index (χ0v) is 7.23. The summed E-state index contributed by atoms with van der Waals surface area (Å²) in [5.74, 6) is 0. The molecule has 0 aliphatic carbocycles. The average molecular weight is 167 g/mol. The zero-order valence-electron chi connectivity index (χ0n) is 7.23. The molecule has 66 valence electrons. The van der Waals surface area contributed by atoms with Crippen LogP contribution < -0.4 is 4.90 Å². The molecule has 1 aromatic rings. The molecule has 0 atom stereocenters. The van der Waals surface area contributed by atoms with Crippen LogP contribution in [0, 0.1) is 0 Å². The van der Waals surface area contributed by atoms with E-state index in [2.05, 4.69) is 0 Å². The predicted octanol–water partition coefficient (Wildman–Crippen LogP) is 0.736. The Kier molecular flexibility index (Phi) is 2.68. The summed E-state index contributed by atoms with van der Waals surface area (Å²) in [6.45, 7) is 0. The summed E-state index contributed by atoms with van der Waals surface area (Å²) >= 11 is 0. The normalized spacial score (nSPS) is 10.4. The maximum atomic E-state index is 8.80. The van der Waals surface area contributed by atoms with E-state index in [-0.39, 0.29) is 0 Å². The molecule has 1 aromatic carbocycles. The highest BCUT2D eigenvalue weighted by molar-refractivity contribution is 5.46. The fourth-order valence-electron chi connectivity index (χ4n) is 0.945. The van der Waals surface area contributed by atoms with Crippen molar-refractivity contribution >= 4 is 5.69 Å². The number of hydrogen-bond donors (Lipinski definition) is 2. The van der Waals surface area contributed by atoms with Crippen LogP contribution in [-0.2, 0) is 0 Å². The molecule has 0 saturated heterocycles. The van der Waals surface area contributed by atoms with E-state index in [1.54, 1.807) is 12.1 Å². The Morgan fingerprint density at radius 1 is 1.08 bits per heavy atom. The van der Waals surface area contributed by atoms with Gasteiger partial charge in [-0.3, -0.25) is 0 Å². The van der Waals surface area contributed by atoms with Gasteiger partial charge in [-0.25, -0.2) is 0 Å². The third-order valence-corrected chi connectivity index (χ3v) is 1.71. The molecule has 0 unspecified atom stereocenters. The van der Waals surface area contributed by atoms with Gasteiger partial charge in [-0.05, 0) is 12.1 Å². The number of hydrogen-bond acceptors (Lipinski definition) is 3. The zero-order chi connectivity index (χ0) is 9.14. The van der Waals surface area contributed by atoms with E-state index in [1.165, 1.54) is 0 Å². The van der Waals surface area contributed by atoms with Crippen LogP contribution in [0.4, 0.5) is 5.69 Å². The van der Waals surface area contributed by atoms with Crippen molar-refractivity contribution in [2.24, 2.45) is 0 Å². The predicted molar refractivity (Wildman–Crippen MR) is 47.9 cm³/mol. The second-order valence-electron chi connectivity index (χ2n) is 2.86. The van der Waals surface area contributed by atoms with Gasteiger partial charge in [0.15, 0.2) is 6.29 Å². The third kappa shape index (κ3) is 1.96. The van der Waals surface area contributed by atoms with E-state index in [0.717, 1.165) is 5.69 Å². The Morgan fingerprint density at radius 2 is 1.58 bits per heavy atom. The highest BCUT2D eigenvalue weighted by atomic mass is 16.5. The van der Waals surface area contributed by atoms with Gasteiger partial charge in [0.25, 0.3) is 0 Å². The van der Waals surface area contributed by atoms with Crippen molar-refractivity contribution in [3.05, 3.63) is 29.8 Å². The van der Waals surface area contributed by atoms with E-state index in [1.807, 2.05) is 31.1 Å². The van der Waals surface area contributed by atoms with Crippen molar-refractivity contribution in [1.29, 1.82) is 0 Å². The smallest absolute Gasteiger partial charge is 0.178 e. The van der Waals surface area contributed by atoms with Crippen LogP contribution in [-0.4, -0.2) is 24.3 Å². The monoisotopic (exact) mass is 167 g/mol. The summed E-state index contributed by atoms with van der Waals surface area (Å²) in [7, 11) is 3.87. The van der Waals surface area contributed by atoms with Gasteiger partial charge in [0.05, 0.1) is 0 Å². The molecule has 2 N–H and O–H groups in total. The van der Waals surface area contributed by atoms with E-state index < -0.39 is 6.29 Å². The molecule has 0 spiro atoms. The van der Waals surface area contributed by atoms with Crippen LogP contribution >= 0.6 is 0 Å². The fourth-order valence-corrected chi connectivity index (χ4v) is 0.945. The number of benzene rings is 1. The molecule has 1 rings (SSSR count). The third-order valence-electron chi connectivity index (χ3n) is 1.71. The Hall–Kier alpha value is -1.06. The molecule has 3 heteroatoms. The summed E-state index contributed by atoms with van der Waals surface area (Å²) in [6, 6.07) is 7.07. The van der Waals surface area contributed by atoms with Crippen LogP contribution in [0.2, 0.25) is 0 Å². The van der Waals surface area contributed by atoms with Gasteiger partial charge < -0.3 is 15.1 Å². The summed E-state index contributed by atoms with van der Waals surface area (Å²) in [6.07, 6.45) is -1.37. The Morgan fingerprint density at radius 3 is 1.92 bits per heavy atom. The number of anilines is 1. The molecule has 12 heavy (non-hydrogen) atoms. The average Bonchev–Trinajstić information content (AvgIpc) is 2.04. The number of aliphatic hydroxyl groups excluding tert-OH is 1. The van der Waals surface area contributed by atoms with Crippen LogP contribution in [0.25, 0.3) is 0 Å². The lowest BCUT2D eigenvalue weighted by molar-refractivity contribution is -0.0424. The van der Waals surface area contributed by atoms with Crippen LogP contribution in [0.1, 0.15) is 11.9 Å². The second kappa shape index (κ2) is 3.56. The van der Waals surface area contributed by atoms with Crippen LogP contribution in [0.15, 0.2) is 24.3 Å². The summed E-state index contributed by atoms with van der Waals surface area (Å²) < 4.78 is 0. The van der Waals surface area contributed by atoms with Gasteiger partial charge in [-0.15, -0.1) is 0 Å². The minimum Gasteiger partial charge on any atom is -0.378 e. The molecule has 0 aliphatic heterocycles. The van der Waals surface area contributed by atoms with Crippen molar-refractivity contribution in [2.45, 2.75) is 6.29 Å². The highest BCUT2D eigenvalue weighted by Crippen LogP contribution is 2.15. The van der Waals surface area contributed by atoms with Gasteiger partial charge >= 0.3 is 0 Å². The molecular weight excluding hydrogens is 154 g/mol. The minimum absolute atomic E-state index is 0.514. The van der Waals surface area contributed by atoms with Crippen LogP contribution in [0.5, 0.6) is 0 Å². The molecule has 0 saturated carbocycles. The first-order chi connectivity index (χ1) is 5.61. The molecule has 0 radical (unpaired) electrons. The molecule has 0 heterocycles. The topological polar surface area (TPSA) is 43.7 Å². The van der Waals surface area contributed by atoms with E-state index >= 15 is 0 Å². The lowest BCUT2D eigenvalue weighted by Crippen LogP contribution is -2.08. The first-order valence-corrected chi connectivity index (χ1v) is 3.74. The van der Waals surface area contributed by atoms with Crippen LogP contribution in [0.3, 0.4) is 0 Å². The lowest BCUT2D eigenvalue weighted by atomic mass is 10.2. The maximum absolute atomic E-state index is 8.80. The van der Waals surface area contributed by atoms with E-state index in [4.69, 9.17) is 10.2 Å². The maximum Gasteiger partial charge on any atom is 0.178 e. The molecule has 3 nitrogen and oxygen atoms in total. The molecule has 0 amide bonds. The SMILES string of the molecule is CN(C)c1ccc(C(O)O)cc1. The summed E-state index contributed by atoms with van der Waals surface area (Å²) in [5, 5.41) is 17.6. The molecule has 0 fully saturated rings. The van der Waals surface area contributed by atoms with Gasteiger partial charge in [0, 0.05) is 25.3 Å². The van der Waals surface area contributed by atoms with Crippen molar-refractivity contribution in [2.75, 3.05) is 19.0 Å². The number of nitrogens with zero attached hydrogens (tertiary/aromatic N) is 1. The quantitative estimate of drug-likeness (QED) is 0.638. The first kappa shape index (κ1) is 9.03. The highest BCUT2D eigenvalue weighted by Gasteiger charge is 2.01. The first-order valence-electron chi connectivity index (χ1n) is 3.74. The van der Waals surface area contributed by atoms with Gasteiger partial charge in [-0.1, -0.05) is 12.1 Å².